The Hall–Kier alpha value is -2.88. The van der Waals surface area contributed by atoms with E-state index in [2.05, 4.69) is 15.4 Å². The fraction of sp³-hybridized carbons (Fsp3) is 0.375. The number of rotatable bonds is 7. The average Bonchev–Trinajstić information content (AvgIpc) is 3.00. The lowest BCUT2D eigenvalue weighted by molar-refractivity contribution is -0.142. The van der Waals surface area contributed by atoms with Crippen molar-refractivity contribution in [3.63, 3.8) is 0 Å². The van der Waals surface area contributed by atoms with Crippen molar-refractivity contribution in [2.75, 3.05) is 18.5 Å². The van der Waals surface area contributed by atoms with Gasteiger partial charge in [-0.2, -0.15) is 10.4 Å². The van der Waals surface area contributed by atoms with Crippen molar-refractivity contribution in [2.24, 2.45) is 0 Å². The highest BCUT2D eigenvalue weighted by Crippen LogP contribution is 2.09. The van der Waals surface area contributed by atoms with E-state index >= 15 is 0 Å². The zero-order chi connectivity index (χ0) is 16.7. The Kier molecular flexibility index (Phi) is 5.69. The second-order valence-electron chi connectivity index (χ2n) is 5.22. The van der Waals surface area contributed by atoms with Gasteiger partial charge in [0.2, 0.25) is 0 Å². The summed E-state index contributed by atoms with van der Waals surface area (Å²) in [6, 6.07) is 7.49. The van der Waals surface area contributed by atoms with Crippen molar-refractivity contribution in [1.29, 1.82) is 5.26 Å². The van der Waals surface area contributed by atoms with Gasteiger partial charge in [-0.15, -0.1) is 0 Å². The van der Waals surface area contributed by atoms with Crippen LogP contribution in [0.3, 0.4) is 0 Å². The highest BCUT2D eigenvalue weighted by Gasteiger charge is 2.09. The summed E-state index contributed by atoms with van der Waals surface area (Å²) in [5.74, 6) is 0.157. The fourth-order valence-electron chi connectivity index (χ4n) is 1.93. The maximum absolute atomic E-state index is 11.8. The molecule has 0 fully saturated rings. The maximum atomic E-state index is 11.8. The summed E-state index contributed by atoms with van der Waals surface area (Å²) in [6.45, 7) is 4.63. The van der Waals surface area contributed by atoms with Crippen LogP contribution < -0.4 is 5.32 Å². The molecule has 0 aliphatic carbocycles. The first-order valence-electron chi connectivity index (χ1n) is 7.39. The van der Waals surface area contributed by atoms with Crippen LogP contribution in [-0.4, -0.2) is 33.9 Å². The summed E-state index contributed by atoms with van der Waals surface area (Å²) < 4.78 is 6.95. The number of hydrogen-bond acceptors (Lipinski definition) is 6. The number of nitrogens with one attached hydrogen (secondary N) is 1. The second kappa shape index (κ2) is 7.94. The summed E-state index contributed by atoms with van der Waals surface area (Å²) in [5.41, 5.74) is 1.14. The Balaban J connectivity index is 1.73. The number of nitrogens with zero attached hydrogens (tertiary/aromatic N) is 4. The van der Waals surface area contributed by atoms with E-state index in [9.17, 15) is 4.79 Å². The van der Waals surface area contributed by atoms with Crippen molar-refractivity contribution in [3.05, 3.63) is 41.9 Å². The topological polar surface area (TPSA) is 92.8 Å². The zero-order valence-electron chi connectivity index (χ0n) is 13.2. The minimum Gasteiger partial charge on any atom is -0.464 e. The van der Waals surface area contributed by atoms with Crippen LogP contribution in [0.5, 0.6) is 0 Å². The predicted molar refractivity (Wildman–Crippen MR) is 84.7 cm³/mol. The highest BCUT2D eigenvalue weighted by atomic mass is 16.5. The molecule has 1 N–H and O–H groups in total. The molecule has 0 spiro atoms. The number of esters is 1. The van der Waals surface area contributed by atoms with Crippen molar-refractivity contribution in [1.82, 2.24) is 14.8 Å². The first-order chi connectivity index (χ1) is 11.1. The molecule has 0 radical (unpaired) electrons. The number of carbonyl (C=O) groups is 1. The Morgan fingerprint density at radius 2 is 2.30 bits per heavy atom. The molecule has 0 unspecified atom stereocenters. The van der Waals surface area contributed by atoms with Crippen LogP contribution in [0.25, 0.3) is 0 Å². The van der Waals surface area contributed by atoms with Gasteiger partial charge in [0.25, 0.3) is 0 Å². The lowest BCUT2D eigenvalue weighted by atomic mass is 10.3. The van der Waals surface area contributed by atoms with Gasteiger partial charge in [0.15, 0.2) is 0 Å². The van der Waals surface area contributed by atoms with E-state index in [1.54, 1.807) is 23.0 Å². The molecule has 0 amide bonds. The van der Waals surface area contributed by atoms with Crippen LogP contribution in [0, 0.1) is 11.3 Å². The van der Waals surface area contributed by atoms with Gasteiger partial charge >= 0.3 is 5.97 Å². The molecule has 2 aromatic heterocycles. The quantitative estimate of drug-likeness (QED) is 0.620. The predicted octanol–water partition coefficient (Wildman–Crippen LogP) is 1.93. The summed E-state index contributed by atoms with van der Waals surface area (Å²) in [5, 5.41) is 16.2. The van der Waals surface area contributed by atoms with E-state index in [0.717, 1.165) is 0 Å². The molecular weight excluding hydrogens is 294 g/mol. The monoisotopic (exact) mass is 313 g/mol. The molecule has 2 heterocycles. The molecule has 2 rings (SSSR count). The standard InChI is InChI=1S/C16H19N5O2/c1-12(2)21-8-5-14(20-21)10-15(22)23-9-7-19-16-13(11-17)4-3-6-18-16/h3-6,8,12H,7,9-10H2,1-2H3,(H,18,19). The second-order valence-corrected chi connectivity index (χ2v) is 5.22. The number of aromatic nitrogens is 3. The fourth-order valence-corrected chi connectivity index (χ4v) is 1.93. The van der Waals surface area contributed by atoms with Gasteiger partial charge in [0, 0.05) is 18.4 Å². The normalized spacial score (nSPS) is 10.3. The minimum atomic E-state index is -0.331. The Morgan fingerprint density at radius 3 is 3.00 bits per heavy atom. The number of carbonyl (C=O) groups excluding carboxylic acids is 1. The van der Waals surface area contributed by atoms with Gasteiger partial charge in [0.05, 0.1) is 24.2 Å². The van der Waals surface area contributed by atoms with Crippen LogP contribution in [0.1, 0.15) is 31.1 Å². The van der Waals surface area contributed by atoms with Crippen molar-refractivity contribution >= 4 is 11.8 Å². The SMILES string of the molecule is CC(C)n1ccc(CC(=O)OCCNc2ncccc2C#N)n1. The molecule has 0 aliphatic rings. The lowest BCUT2D eigenvalue weighted by Crippen LogP contribution is -2.16. The molecule has 7 nitrogen and oxygen atoms in total. The molecule has 7 heteroatoms. The largest absolute Gasteiger partial charge is 0.464 e. The van der Waals surface area contributed by atoms with Gasteiger partial charge in [-0.05, 0) is 32.0 Å². The number of ether oxygens (including phenoxy) is 1. The van der Waals surface area contributed by atoms with Crippen molar-refractivity contribution in [2.45, 2.75) is 26.3 Å². The molecule has 0 bridgehead atoms. The Morgan fingerprint density at radius 1 is 1.48 bits per heavy atom. The van der Waals surface area contributed by atoms with Gasteiger partial charge in [-0.3, -0.25) is 9.48 Å². The van der Waals surface area contributed by atoms with Crippen molar-refractivity contribution in [3.8, 4) is 6.07 Å². The van der Waals surface area contributed by atoms with Gasteiger partial charge in [-0.1, -0.05) is 0 Å². The molecular formula is C16H19N5O2. The molecule has 0 saturated carbocycles. The Labute approximate surface area is 134 Å². The summed E-state index contributed by atoms with van der Waals surface area (Å²) in [4.78, 5) is 15.8. The van der Waals surface area contributed by atoms with E-state index < -0.39 is 0 Å². The van der Waals surface area contributed by atoms with E-state index in [1.807, 2.05) is 32.2 Å². The van der Waals surface area contributed by atoms with Crippen molar-refractivity contribution < 1.29 is 9.53 Å². The summed E-state index contributed by atoms with van der Waals surface area (Å²) in [6.07, 6.45) is 3.59. The first kappa shape index (κ1) is 16.5. The molecule has 0 aromatic carbocycles. The summed E-state index contributed by atoms with van der Waals surface area (Å²) >= 11 is 0. The number of anilines is 1. The van der Waals surface area contributed by atoms with Crippen LogP contribution in [0.2, 0.25) is 0 Å². The molecule has 2 aromatic rings. The maximum Gasteiger partial charge on any atom is 0.312 e. The third-order valence-corrected chi connectivity index (χ3v) is 3.10. The number of nitriles is 1. The minimum absolute atomic E-state index is 0.146. The molecule has 0 atom stereocenters. The third-order valence-electron chi connectivity index (χ3n) is 3.10. The third kappa shape index (κ3) is 4.81. The van der Waals surface area contributed by atoms with E-state index in [1.165, 1.54) is 0 Å². The zero-order valence-corrected chi connectivity index (χ0v) is 13.2. The number of pyridine rings is 1. The van der Waals surface area contributed by atoms with Gasteiger partial charge in [-0.25, -0.2) is 4.98 Å². The first-order valence-corrected chi connectivity index (χ1v) is 7.39. The Bertz CT molecular complexity index is 702. The highest BCUT2D eigenvalue weighted by molar-refractivity contribution is 5.71. The molecule has 0 saturated heterocycles. The van der Waals surface area contributed by atoms with Crippen LogP contribution in [-0.2, 0) is 16.0 Å². The van der Waals surface area contributed by atoms with E-state index in [0.29, 0.717) is 23.6 Å². The van der Waals surface area contributed by atoms with Crippen LogP contribution in [0.4, 0.5) is 5.82 Å². The molecule has 120 valence electrons. The van der Waals surface area contributed by atoms with Crippen LogP contribution in [0.15, 0.2) is 30.6 Å². The van der Waals surface area contributed by atoms with Crippen LogP contribution >= 0.6 is 0 Å². The van der Waals surface area contributed by atoms with Gasteiger partial charge < -0.3 is 10.1 Å². The van der Waals surface area contributed by atoms with Gasteiger partial charge in [0.1, 0.15) is 18.5 Å². The van der Waals surface area contributed by atoms with E-state index in [4.69, 9.17) is 10.00 Å². The lowest BCUT2D eigenvalue weighted by Gasteiger charge is -2.07. The van der Waals surface area contributed by atoms with E-state index in [-0.39, 0.29) is 25.0 Å². The molecule has 23 heavy (non-hydrogen) atoms. The average molecular weight is 313 g/mol. The summed E-state index contributed by atoms with van der Waals surface area (Å²) in [7, 11) is 0. The number of hydrogen-bond donors (Lipinski definition) is 1. The smallest absolute Gasteiger partial charge is 0.312 e. The molecule has 0 aliphatic heterocycles.